The zero-order valence-electron chi connectivity index (χ0n) is 12.7. The number of rotatable bonds is 5. The van der Waals surface area contributed by atoms with Crippen molar-refractivity contribution in [2.45, 2.75) is 31.2 Å². The Kier molecular flexibility index (Phi) is 4.73. The minimum atomic E-state index is -1.10. The Balaban J connectivity index is 2.09. The lowest BCUT2D eigenvalue weighted by Crippen LogP contribution is -2.58. The van der Waals surface area contributed by atoms with Gasteiger partial charge in [0.1, 0.15) is 11.3 Å². The van der Waals surface area contributed by atoms with Crippen molar-refractivity contribution >= 4 is 11.7 Å². The van der Waals surface area contributed by atoms with E-state index in [0.29, 0.717) is 13.0 Å². The molecule has 0 heterocycles. The van der Waals surface area contributed by atoms with E-state index in [9.17, 15) is 9.90 Å². The minimum absolute atomic E-state index is 0.0316. The van der Waals surface area contributed by atoms with Crippen molar-refractivity contribution in [3.8, 4) is 5.75 Å². The first-order chi connectivity index (χ1) is 9.97. The van der Waals surface area contributed by atoms with Crippen molar-refractivity contribution < 1.29 is 14.6 Å². The first-order valence-corrected chi connectivity index (χ1v) is 7.35. The van der Waals surface area contributed by atoms with Crippen molar-refractivity contribution in [3.63, 3.8) is 0 Å². The number of hydrogen-bond acceptors (Lipinski definition) is 4. The van der Waals surface area contributed by atoms with Gasteiger partial charge in [0.05, 0.1) is 7.11 Å². The summed E-state index contributed by atoms with van der Waals surface area (Å²) in [4.78, 5) is 13.6. The Morgan fingerprint density at radius 1 is 1.43 bits per heavy atom. The maximum absolute atomic E-state index is 11.5. The smallest absolute Gasteiger partial charge is 0.324 e. The molecule has 0 bridgehead atoms. The molecule has 5 heteroatoms. The van der Waals surface area contributed by atoms with Crippen LogP contribution in [0.25, 0.3) is 0 Å². The van der Waals surface area contributed by atoms with Crippen molar-refractivity contribution in [2.24, 2.45) is 11.7 Å². The molecule has 21 heavy (non-hydrogen) atoms. The summed E-state index contributed by atoms with van der Waals surface area (Å²) in [6.45, 7) is 0.648. The molecular weight excluding hydrogens is 268 g/mol. The van der Waals surface area contributed by atoms with Crippen LogP contribution in [0.1, 0.15) is 25.7 Å². The van der Waals surface area contributed by atoms with E-state index in [1.807, 2.05) is 31.3 Å². The zero-order valence-corrected chi connectivity index (χ0v) is 12.7. The zero-order chi connectivity index (χ0) is 15.5. The van der Waals surface area contributed by atoms with E-state index in [1.54, 1.807) is 7.11 Å². The largest absolute Gasteiger partial charge is 0.497 e. The summed E-state index contributed by atoms with van der Waals surface area (Å²) in [5.41, 5.74) is 6.11. The van der Waals surface area contributed by atoms with Crippen LogP contribution in [0, 0.1) is 5.92 Å². The molecule has 3 N–H and O–H groups in total. The second-order valence-corrected chi connectivity index (χ2v) is 5.87. The molecule has 0 amide bonds. The molecule has 0 spiro atoms. The third-order valence-corrected chi connectivity index (χ3v) is 4.53. The molecule has 2 rings (SSSR count). The Morgan fingerprint density at radius 3 is 2.67 bits per heavy atom. The number of nitrogens with zero attached hydrogens (tertiary/aromatic N) is 1. The number of aliphatic carboxylic acids is 1. The molecule has 1 aliphatic carbocycles. The summed E-state index contributed by atoms with van der Waals surface area (Å²) in [5, 5.41) is 9.46. The average molecular weight is 292 g/mol. The SMILES string of the molecule is COc1ccc(N(C)C[C@@H]2CCCC[C@]2(N)C(=O)O)cc1. The van der Waals surface area contributed by atoms with E-state index in [2.05, 4.69) is 4.90 Å². The number of carboxylic acid groups (broad SMARTS) is 1. The quantitative estimate of drug-likeness (QED) is 0.869. The molecule has 1 aliphatic rings. The average Bonchev–Trinajstić information content (AvgIpc) is 2.49. The van der Waals surface area contributed by atoms with Gasteiger partial charge in [-0.05, 0) is 37.1 Å². The highest BCUT2D eigenvalue weighted by Crippen LogP contribution is 2.33. The summed E-state index contributed by atoms with van der Waals surface area (Å²) < 4.78 is 5.15. The van der Waals surface area contributed by atoms with Gasteiger partial charge in [-0.25, -0.2) is 0 Å². The first-order valence-electron chi connectivity index (χ1n) is 7.35. The van der Waals surface area contributed by atoms with Gasteiger partial charge in [-0.3, -0.25) is 4.79 Å². The van der Waals surface area contributed by atoms with Crippen molar-refractivity contribution in [1.29, 1.82) is 0 Å². The van der Waals surface area contributed by atoms with Crippen LogP contribution in [-0.4, -0.2) is 37.3 Å². The van der Waals surface area contributed by atoms with Crippen LogP contribution in [0.3, 0.4) is 0 Å². The number of benzene rings is 1. The standard InChI is InChI=1S/C16H24N2O3/c1-18(13-6-8-14(21-2)9-7-13)11-12-5-3-4-10-16(12,17)15(19)20/h6-9,12H,3-5,10-11,17H2,1-2H3,(H,19,20)/t12-,16+/m0/s1. The minimum Gasteiger partial charge on any atom is -0.497 e. The molecule has 2 atom stereocenters. The van der Waals surface area contributed by atoms with E-state index >= 15 is 0 Å². The molecule has 0 radical (unpaired) electrons. The predicted molar refractivity (Wildman–Crippen MR) is 82.8 cm³/mol. The lowest BCUT2D eigenvalue weighted by atomic mass is 9.73. The molecule has 1 aromatic carbocycles. The van der Waals surface area contributed by atoms with Crippen LogP contribution in [0.2, 0.25) is 0 Å². The van der Waals surface area contributed by atoms with Crippen molar-refractivity contribution in [1.82, 2.24) is 0 Å². The van der Waals surface area contributed by atoms with Gasteiger partial charge < -0.3 is 20.5 Å². The Labute approximate surface area is 125 Å². The van der Waals surface area contributed by atoms with Crippen LogP contribution < -0.4 is 15.4 Å². The van der Waals surface area contributed by atoms with Gasteiger partial charge in [-0.15, -0.1) is 0 Å². The van der Waals surface area contributed by atoms with Gasteiger partial charge in [-0.1, -0.05) is 12.8 Å². The second-order valence-electron chi connectivity index (χ2n) is 5.87. The third kappa shape index (κ3) is 3.29. The van der Waals surface area contributed by atoms with E-state index < -0.39 is 11.5 Å². The Hall–Kier alpha value is -1.75. The van der Waals surface area contributed by atoms with Gasteiger partial charge in [-0.2, -0.15) is 0 Å². The predicted octanol–water partition coefficient (Wildman–Crippen LogP) is 2.10. The number of ether oxygens (including phenoxy) is 1. The maximum atomic E-state index is 11.5. The summed E-state index contributed by atoms with van der Waals surface area (Å²) in [7, 11) is 3.61. The van der Waals surface area contributed by atoms with Crippen molar-refractivity contribution in [3.05, 3.63) is 24.3 Å². The molecule has 5 nitrogen and oxygen atoms in total. The fourth-order valence-corrected chi connectivity index (χ4v) is 3.08. The normalized spacial score (nSPS) is 25.4. The Morgan fingerprint density at radius 2 is 2.10 bits per heavy atom. The monoisotopic (exact) mass is 292 g/mol. The van der Waals surface area contributed by atoms with Crippen LogP contribution in [-0.2, 0) is 4.79 Å². The highest BCUT2D eigenvalue weighted by molar-refractivity contribution is 5.79. The van der Waals surface area contributed by atoms with Crippen LogP contribution >= 0.6 is 0 Å². The number of carbonyl (C=O) groups is 1. The summed E-state index contributed by atoms with van der Waals surface area (Å²) in [6, 6.07) is 7.75. The first kappa shape index (κ1) is 15.6. The lowest BCUT2D eigenvalue weighted by Gasteiger charge is -2.40. The molecule has 0 aromatic heterocycles. The molecule has 0 saturated heterocycles. The fraction of sp³-hybridized carbons (Fsp3) is 0.562. The molecule has 1 aromatic rings. The fourth-order valence-electron chi connectivity index (χ4n) is 3.08. The molecule has 0 aliphatic heterocycles. The van der Waals surface area contributed by atoms with E-state index in [0.717, 1.165) is 30.7 Å². The van der Waals surface area contributed by atoms with Crippen molar-refractivity contribution in [2.75, 3.05) is 25.6 Å². The maximum Gasteiger partial charge on any atom is 0.324 e. The summed E-state index contributed by atoms with van der Waals surface area (Å²) in [6.07, 6.45) is 3.37. The second kappa shape index (κ2) is 6.35. The van der Waals surface area contributed by atoms with Gasteiger partial charge in [0, 0.05) is 25.2 Å². The van der Waals surface area contributed by atoms with Crippen LogP contribution in [0.15, 0.2) is 24.3 Å². The molecule has 116 valence electrons. The number of anilines is 1. The molecule has 1 fully saturated rings. The molecule has 0 unspecified atom stereocenters. The van der Waals surface area contributed by atoms with Gasteiger partial charge in [0.15, 0.2) is 0 Å². The lowest BCUT2D eigenvalue weighted by molar-refractivity contribution is -0.146. The van der Waals surface area contributed by atoms with Gasteiger partial charge in [0.2, 0.25) is 0 Å². The van der Waals surface area contributed by atoms with Gasteiger partial charge in [0.25, 0.3) is 0 Å². The number of carboxylic acids is 1. The third-order valence-electron chi connectivity index (χ3n) is 4.53. The summed E-state index contributed by atoms with van der Waals surface area (Å²) in [5.74, 6) is -0.102. The number of hydrogen-bond donors (Lipinski definition) is 2. The topological polar surface area (TPSA) is 75.8 Å². The van der Waals surface area contributed by atoms with E-state index in [-0.39, 0.29) is 5.92 Å². The van der Waals surface area contributed by atoms with Crippen LogP contribution in [0.5, 0.6) is 5.75 Å². The van der Waals surface area contributed by atoms with E-state index in [1.165, 1.54) is 0 Å². The van der Waals surface area contributed by atoms with Gasteiger partial charge >= 0.3 is 5.97 Å². The van der Waals surface area contributed by atoms with Crippen LogP contribution in [0.4, 0.5) is 5.69 Å². The molecule has 1 saturated carbocycles. The molecular formula is C16H24N2O3. The highest BCUT2D eigenvalue weighted by atomic mass is 16.5. The van der Waals surface area contributed by atoms with E-state index in [4.69, 9.17) is 10.5 Å². The number of methoxy groups -OCH3 is 1. The Bertz CT molecular complexity index is 489. The highest BCUT2D eigenvalue weighted by Gasteiger charge is 2.44. The summed E-state index contributed by atoms with van der Waals surface area (Å²) >= 11 is 0. The number of nitrogens with two attached hydrogens (primary N) is 1.